The van der Waals surface area contributed by atoms with Crippen LogP contribution in [0.5, 0.6) is 0 Å². The maximum atomic E-state index is 13.3. The summed E-state index contributed by atoms with van der Waals surface area (Å²) in [5.74, 6) is 1.34. The second-order valence-electron chi connectivity index (χ2n) is 7.39. The minimum absolute atomic E-state index is 0.155. The summed E-state index contributed by atoms with van der Waals surface area (Å²) in [7, 11) is 0. The summed E-state index contributed by atoms with van der Waals surface area (Å²) in [5, 5.41) is 4.92. The highest BCUT2D eigenvalue weighted by atomic mass is 35.5. The number of furan rings is 1. The Kier molecular flexibility index (Phi) is 4.16. The van der Waals surface area contributed by atoms with Gasteiger partial charge < -0.3 is 18.7 Å². The van der Waals surface area contributed by atoms with E-state index in [0.29, 0.717) is 30.3 Å². The molecule has 0 radical (unpaired) electrons. The van der Waals surface area contributed by atoms with Gasteiger partial charge in [-0.25, -0.2) is 0 Å². The van der Waals surface area contributed by atoms with Crippen LogP contribution in [0.3, 0.4) is 0 Å². The van der Waals surface area contributed by atoms with Crippen LogP contribution in [0.4, 0.5) is 5.69 Å². The van der Waals surface area contributed by atoms with Crippen molar-refractivity contribution in [2.24, 2.45) is 0 Å². The molecule has 6 nitrogen and oxygen atoms in total. The molecule has 5 rings (SSSR count). The van der Waals surface area contributed by atoms with Gasteiger partial charge in [-0.3, -0.25) is 4.79 Å². The third-order valence-corrected chi connectivity index (χ3v) is 5.93. The SMILES string of the molecule is O=C(N1CCN(c2ccc(Cl)cc2)CC1)C1(c2cc(-c3ccco3)on2)CC1. The molecule has 2 fully saturated rings. The highest BCUT2D eigenvalue weighted by molar-refractivity contribution is 6.30. The molecule has 1 amide bonds. The Hall–Kier alpha value is -2.73. The number of rotatable bonds is 4. The van der Waals surface area contributed by atoms with E-state index in [1.54, 1.807) is 12.3 Å². The van der Waals surface area contributed by atoms with E-state index in [2.05, 4.69) is 10.1 Å². The molecular formula is C21H20ClN3O3. The molecule has 144 valence electrons. The largest absolute Gasteiger partial charge is 0.461 e. The van der Waals surface area contributed by atoms with E-state index in [1.807, 2.05) is 41.3 Å². The summed E-state index contributed by atoms with van der Waals surface area (Å²) < 4.78 is 10.8. The zero-order chi connectivity index (χ0) is 19.1. The number of anilines is 1. The van der Waals surface area contributed by atoms with Crippen LogP contribution >= 0.6 is 11.6 Å². The molecule has 0 spiro atoms. The first-order valence-corrected chi connectivity index (χ1v) is 9.84. The lowest BCUT2D eigenvalue weighted by Gasteiger charge is -2.37. The quantitative estimate of drug-likeness (QED) is 0.666. The van der Waals surface area contributed by atoms with E-state index >= 15 is 0 Å². The number of amides is 1. The molecule has 1 aromatic carbocycles. The van der Waals surface area contributed by atoms with Gasteiger partial charge in [-0.05, 0) is 49.2 Å². The van der Waals surface area contributed by atoms with Crippen LogP contribution in [0.15, 0.2) is 57.7 Å². The molecule has 7 heteroatoms. The second kappa shape index (κ2) is 6.71. The van der Waals surface area contributed by atoms with Crippen molar-refractivity contribution in [1.82, 2.24) is 10.1 Å². The first kappa shape index (κ1) is 17.4. The molecule has 0 N–H and O–H groups in total. The van der Waals surface area contributed by atoms with Crippen molar-refractivity contribution in [3.8, 4) is 11.5 Å². The molecule has 0 unspecified atom stereocenters. The molecule has 0 atom stereocenters. The van der Waals surface area contributed by atoms with Gasteiger partial charge in [0.05, 0.1) is 17.4 Å². The predicted octanol–water partition coefficient (Wildman–Crippen LogP) is 3.97. The number of nitrogens with zero attached hydrogens (tertiary/aromatic N) is 3. The van der Waals surface area contributed by atoms with Crippen LogP contribution in [0.1, 0.15) is 18.5 Å². The van der Waals surface area contributed by atoms with Gasteiger partial charge in [0.1, 0.15) is 0 Å². The van der Waals surface area contributed by atoms with Crippen molar-refractivity contribution in [1.29, 1.82) is 0 Å². The van der Waals surface area contributed by atoms with Crippen molar-refractivity contribution in [2.75, 3.05) is 31.1 Å². The minimum Gasteiger partial charge on any atom is -0.461 e. The normalized spacial score (nSPS) is 18.3. The van der Waals surface area contributed by atoms with Gasteiger partial charge >= 0.3 is 0 Å². The van der Waals surface area contributed by atoms with Crippen molar-refractivity contribution in [2.45, 2.75) is 18.3 Å². The number of carbonyl (C=O) groups excluding carboxylic acids is 1. The number of carbonyl (C=O) groups is 1. The standard InChI is InChI=1S/C21H20ClN3O3/c22-15-3-5-16(6-4-15)24-9-11-25(12-10-24)20(26)21(7-8-21)19-14-18(28-23-19)17-2-1-13-27-17/h1-6,13-14H,7-12H2. The highest BCUT2D eigenvalue weighted by Crippen LogP contribution is 2.50. The van der Waals surface area contributed by atoms with Crippen LogP contribution in [0, 0.1) is 0 Å². The van der Waals surface area contributed by atoms with E-state index in [9.17, 15) is 4.79 Å². The predicted molar refractivity (Wildman–Crippen MR) is 105 cm³/mol. The third-order valence-electron chi connectivity index (χ3n) is 5.68. The molecule has 1 saturated carbocycles. The number of aromatic nitrogens is 1. The maximum absolute atomic E-state index is 13.3. The zero-order valence-corrected chi connectivity index (χ0v) is 16.1. The van der Waals surface area contributed by atoms with Gasteiger partial charge in [0, 0.05) is 43.0 Å². The van der Waals surface area contributed by atoms with Gasteiger partial charge in [-0.15, -0.1) is 0 Å². The first-order valence-electron chi connectivity index (χ1n) is 9.47. The fourth-order valence-electron chi connectivity index (χ4n) is 3.86. The van der Waals surface area contributed by atoms with E-state index in [0.717, 1.165) is 36.6 Å². The lowest BCUT2D eigenvalue weighted by Crippen LogP contribution is -2.51. The van der Waals surface area contributed by atoms with Crippen LogP contribution < -0.4 is 4.90 Å². The van der Waals surface area contributed by atoms with E-state index in [-0.39, 0.29) is 5.91 Å². The number of hydrogen-bond acceptors (Lipinski definition) is 5. The molecular weight excluding hydrogens is 378 g/mol. The molecule has 28 heavy (non-hydrogen) atoms. The maximum Gasteiger partial charge on any atom is 0.235 e. The smallest absolute Gasteiger partial charge is 0.235 e. The fourth-order valence-corrected chi connectivity index (χ4v) is 3.99. The summed E-state index contributed by atoms with van der Waals surface area (Å²) in [6.07, 6.45) is 3.22. The van der Waals surface area contributed by atoms with Crippen molar-refractivity contribution in [3.63, 3.8) is 0 Å². The highest BCUT2D eigenvalue weighted by Gasteiger charge is 2.55. The Labute approximate surface area is 167 Å². The molecule has 2 aliphatic rings. The van der Waals surface area contributed by atoms with E-state index < -0.39 is 5.41 Å². The van der Waals surface area contributed by atoms with Gasteiger partial charge in [0.25, 0.3) is 0 Å². The fraction of sp³-hybridized carbons (Fsp3) is 0.333. The topological polar surface area (TPSA) is 62.7 Å². The Morgan fingerprint density at radius 3 is 2.43 bits per heavy atom. The van der Waals surface area contributed by atoms with Gasteiger partial charge in [-0.1, -0.05) is 16.8 Å². The molecule has 1 aliphatic heterocycles. The number of hydrogen-bond donors (Lipinski definition) is 0. The van der Waals surface area contributed by atoms with Crippen molar-refractivity contribution < 1.29 is 13.7 Å². The first-order chi connectivity index (χ1) is 13.7. The summed E-state index contributed by atoms with van der Waals surface area (Å²) in [4.78, 5) is 17.5. The van der Waals surface area contributed by atoms with Crippen LogP contribution in [0.2, 0.25) is 5.02 Å². The van der Waals surface area contributed by atoms with E-state index in [1.165, 1.54) is 0 Å². The molecule has 0 bridgehead atoms. The Bertz CT molecular complexity index is 969. The average molecular weight is 398 g/mol. The molecule has 3 heterocycles. The lowest BCUT2D eigenvalue weighted by molar-refractivity contribution is -0.134. The van der Waals surface area contributed by atoms with Crippen LogP contribution in [-0.4, -0.2) is 42.1 Å². The monoisotopic (exact) mass is 397 g/mol. The van der Waals surface area contributed by atoms with Gasteiger partial charge in [-0.2, -0.15) is 0 Å². The zero-order valence-electron chi connectivity index (χ0n) is 15.3. The van der Waals surface area contributed by atoms with Crippen LogP contribution in [-0.2, 0) is 10.2 Å². The third kappa shape index (κ3) is 2.98. The molecule has 2 aromatic heterocycles. The Balaban J connectivity index is 1.27. The summed E-state index contributed by atoms with van der Waals surface area (Å²) in [5.41, 5.74) is 1.32. The summed E-state index contributed by atoms with van der Waals surface area (Å²) >= 11 is 5.97. The van der Waals surface area contributed by atoms with E-state index in [4.69, 9.17) is 20.5 Å². The molecule has 3 aromatic rings. The second-order valence-corrected chi connectivity index (χ2v) is 7.83. The van der Waals surface area contributed by atoms with Crippen molar-refractivity contribution >= 4 is 23.2 Å². The Morgan fingerprint density at radius 2 is 1.79 bits per heavy atom. The lowest BCUT2D eigenvalue weighted by atomic mass is 9.99. The number of halogens is 1. The van der Waals surface area contributed by atoms with Gasteiger partial charge in [0.15, 0.2) is 5.76 Å². The summed E-state index contributed by atoms with van der Waals surface area (Å²) in [6.45, 7) is 3.01. The summed E-state index contributed by atoms with van der Waals surface area (Å²) in [6, 6.07) is 13.3. The van der Waals surface area contributed by atoms with Crippen molar-refractivity contribution in [3.05, 3.63) is 59.4 Å². The number of benzene rings is 1. The Morgan fingerprint density at radius 1 is 1.04 bits per heavy atom. The molecule has 1 aliphatic carbocycles. The molecule has 1 saturated heterocycles. The minimum atomic E-state index is -0.531. The average Bonchev–Trinajstić information content (AvgIpc) is 3.13. The number of piperazine rings is 1. The van der Waals surface area contributed by atoms with Gasteiger partial charge in [0.2, 0.25) is 11.7 Å². The van der Waals surface area contributed by atoms with Crippen LogP contribution in [0.25, 0.3) is 11.5 Å².